The summed E-state index contributed by atoms with van der Waals surface area (Å²) in [7, 11) is 3.57. The van der Waals surface area contributed by atoms with Crippen molar-refractivity contribution in [1.82, 2.24) is 14.8 Å². The number of benzene rings is 1. The monoisotopic (exact) mass is 469 g/mol. The van der Waals surface area contributed by atoms with E-state index in [2.05, 4.69) is 29.1 Å². The molecule has 33 heavy (non-hydrogen) atoms. The lowest BCUT2D eigenvalue weighted by molar-refractivity contribution is -0.120. The molecule has 1 aliphatic carbocycles. The Hall–Kier alpha value is -2.60. The molecule has 2 aromatic heterocycles. The molecule has 1 unspecified atom stereocenters. The number of hydrogen-bond donors (Lipinski definition) is 0. The van der Waals surface area contributed by atoms with Crippen molar-refractivity contribution in [2.45, 2.75) is 58.5 Å². The van der Waals surface area contributed by atoms with Gasteiger partial charge in [0.2, 0.25) is 5.88 Å². The van der Waals surface area contributed by atoms with Gasteiger partial charge in [-0.3, -0.25) is 9.48 Å². The molecule has 4 atom stereocenters. The van der Waals surface area contributed by atoms with E-state index in [-0.39, 0.29) is 12.0 Å². The molecule has 1 aliphatic rings. The van der Waals surface area contributed by atoms with Crippen LogP contribution in [0.15, 0.2) is 30.3 Å². The van der Waals surface area contributed by atoms with Crippen LogP contribution in [-0.4, -0.2) is 33.8 Å². The Kier molecular flexibility index (Phi) is 6.94. The number of fused-ring (bicyclic) bond motifs is 1. The summed E-state index contributed by atoms with van der Waals surface area (Å²) in [5, 5.41) is 5.74. The normalized spacial score (nSPS) is 21.0. The van der Waals surface area contributed by atoms with E-state index in [1.165, 1.54) is 5.56 Å². The number of hydrogen-bond acceptors (Lipinski definition) is 5. The fraction of sp³-hybridized carbons (Fsp3) is 0.500. The third kappa shape index (κ3) is 5.01. The van der Waals surface area contributed by atoms with E-state index >= 15 is 0 Å². The highest BCUT2D eigenvalue weighted by molar-refractivity contribution is 6.30. The van der Waals surface area contributed by atoms with Crippen LogP contribution in [0.25, 0.3) is 10.9 Å². The number of aryl methyl sites for hydroxylation is 2. The largest absolute Gasteiger partial charge is 0.497 e. The van der Waals surface area contributed by atoms with E-state index in [0.29, 0.717) is 41.5 Å². The molecule has 1 aromatic carbocycles. The van der Waals surface area contributed by atoms with Gasteiger partial charge in [-0.1, -0.05) is 30.7 Å². The number of ketones is 1. The van der Waals surface area contributed by atoms with Gasteiger partial charge >= 0.3 is 0 Å². The number of Topliss-reactive ketones (excluding diaryl/α,β-unsaturated/α-hetero) is 1. The first-order valence-electron chi connectivity index (χ1n) is 11.6. The molecule has 6 nitrogen and oxygen atoms in total. The lowest BCUT2D eigenvalue weighted by Crippen LogP contribution is -2.27. The molecule has 0 saturated heterocycles. The number of carbonyl (C=O) groups is 1. The number of ether oxygens (including phenoxy) is 2. The van der Waals surface area contributed by atoms with Crippen molar-refractivity contribution in [1.29, 1.82) is 0 Å². The molecule has 2 heterocycles. The standard InChI is InChI=1S/C26H32ClN3O3/c1-15(18-7-10-22(32-5)11-8-18)19-6-9-21(31)13-20(12-19)17(3)33-26-25-16(2)30(4)29-23(25)14-24(27)28-26/h7-8,10-11,14-15,17,19-20H,6,9,12-13H2,1-5H3/t15-,17+,19?,20-/m0/s1. The first-order chi connectivity index (χ1) is 15.8. The molecule has 1 saturated carbocycles. The van der Waals surface area contributed by atoms with Gasteiger partial charge in [0.15, 0.2) is 0 Å². The second-order valence-corrected chi connectivity index (χ2v) is 9.66. The Morgan fingerprint density at radius 2 is 1.91 bits per heavy atom. The number of nitrogens with zero attached hydrogens (tertiary/aromatic N) is 3. The first kappa shape index (κ1) is 23.6. The molecule has 176 valence electrons. The topological polar surface area (TPSA) is 66.2 Å². The van der Waals surface area contributed by atoms with Gasteiger partial charge in [-0.2, -0.15) is 5.10 Å². The van der Waals surface area contributed by atoms with Gasteiger partial charge in [-0.15, -0.1) is 0 Å². The molecular formula is C26H32ClN3O3. The zero-order chi connectivity index (χ0) is 23.7. The maximum atomic E-state index is 12.6. The summed E-state index contributed by atoms with van der Waals surface area (Å²) in [6.45, 7) is 6.29. The first-order valence-corrected chi connectivity index (χ1v) is 12.0. The Balaban J connectivity index is 1.56. The molecule has 3 aromatic rings. The molecule has 7 heteroatoms. The summed E-state index contributed by atoms with van der Waals surface area (Å²) >= 11 is 6.25. The van der Waals surface area contributed by atoms with Gasteiger partial charge in [0.25, 0.3) is 0 Å². The van der Waals surface area contributed by atoms with Crippen molar-refractivity contribution in [3.8, 4) is 11.6 Å². The number of aromatic nitrogens is 3. The number of halogens is 1. The third-order valence-electron chi connectivity index (χ3n) is 7.24. The van der Waals surface area contributed by atoms with Crippen LogP contribution in [-0.2, 0) is 11.8 Å². The van der Waals surface area contributed by atoms with E-state index < -0.39 is 0 Å². The Labute approximate surface area is 200 Å². The maximum absolute atomic E-state index is 12.6. The van der Waals surface area contributed by atoms with Crippen LogP contribution in [0.3, 0.4) is 0 Å². The molecule has 4 rings (SSSR count). The predicted octanol–water partition coefficient (Wildman–Crippen LogP) is 5.89. The van der Waals surface area contributed by atoms with Gasteiger partial charge in [-0.05, 0) is 56.2 Å². The van der Waals surface area contributed by atoms with Crippen molar-refractivity contribution in [2.24, 2.45) is 18.9 Å². The van der Waals surface area contributed by atoms with E-state index in [9.17, 15) is 4.79 Å². The number of rotatable bonds is 6. The molecule has 1 fully saturated rings. The zero-order valence-corrected chi connectivity index (χ0v) is 20.7. The molecule has 0 aliphatic heterocycles. The summed E-state index contributed by atoms with van der Waals surface area (Å²) in [5.74, 6) is 2.50. The smallest absolute Gasteiger partial charge is 0.226 e. The minimum absolute atomic E-state index is 0.110. The molecule has 0 N–H and O–H groups in total. The van der Waals surface area contributed by atoms with Crippen molar-refractivity contribution in [3.63, 3.8) is 0 Å². The maximum Gasteiger partial charge on any atom is 0.226 e. The van der Waals surface area contributed by atoms with Crippen molar-refractivity contribution in [3.05, 3.63) is 46.7 Å². The van der Waals surface area contributed by atoms with Gasteiger partial charge in [0, 0.05) is 37.6 Å². The summed E-state index contributed by atoms with van der Waals surface area (Å²) < 4.78 is 13.5. The predicted molar refractivity (Wildman–Crippen MR) is 130 cm³/mol. The summed E-state index contributed by atoms with van der Waals surface area (Å²) in [5.41, 5.74) is 3.01. The van der Waals surface area contributed by atoms with Crippen LogP contribution < -0.4 is 9.47 Å². The Bertz CT molecular complexity index is 1140. The highest BCUT2D eigenvalue weighted by Crippen LogP contribution is 2.39. The van der Waals surface area contributed by atoms with E-state index in [1.54, 1.807) is 13.2 Å². The van der Waals surface area contributed by atoms with Crippen LogP contribution in [0.4, 0.5) is 0 Å². The fourth-order valence-electron chi connectivity index (χ4n) is 4.98. The summed E-state index contributed by atoms with van der Waals surface area (Å²) in [6, 6.07) is 10.0. The molecule has 0 bridgehead atoms. The van der Waals surface area contributed by atoms with Gasteiger partial charge < -0.3 is 9.47 Å². The van der Waals surface area contributed by atoms with Crippen molar-refractivity contribution < 1.29 is 14.3 Å². The van der Waals surface area contributed by atoms with Crippen LogP contribution in [0.1, 0.15) is 56.7 Å². The SMILES string of the molecule is COc1ccc([C@H](C)C2CCC(=O)C[C@@H]([C@@H](C)Oc3nc(Cl)cc4nn(C)c(C)c34)C2)cc1. The third-order valence-corrected chi connectivity index (χ3v) is 7.43. The van der Waals surface area contributed by atoms with Crippen LogP contribution in [0.5, 0.6) is 11.6 Å². The average molecular weight is 470 g/mol. The van der Waals surface area contributed by atoms with E-state index in [0.717, 1.165) is 35.2 Å². The molecule has 0 radical (unpaired) electrons. The highest BCUT2D eigenvalue weighted by atomic mass is 35.5. The van der Waals surface area contributed by atoms with E-state index in [4.69, 9.17) is 21.1 Å². The molecule has 0 amide bonds. The van der Waals surface area contributed by atoms with Gasteiger partial charge in [0.05, 0.1) is 12.5 Å². The lowest BCUT2D eigenvalue weighted by Gasteiger charge is -2.29. The average Bonchev–Trinajstić information content (AvgIpc) is 2.95. The van der Waals surface area contributed by atoms with Crippen LogP contribution >= 0.6 is 11.6 Å². The quantitative estimate of drug-likeness (QED) is 0.333. The minimum atomic E-state index is -0.175. The summed E-state index contributed by atoms with van der Waals surface area (Å²) in [4.78, 5) is 17.1. The lowest BCUT2D eigenvalue weighted by atomic mass is 9.79. The number of carbonyl (C=O) groups excluding carboxylic acids is 1. The highest BCUT2D eigenvalue weighted by Gasteiger charge is 2.33. The fourth-order valence-corrected chi connectivity index (χ4v) is 5.16. The Morgan fingerprint density at radius 1 is 1.18 bits per heavy atom. The van der Waals surface area contributed by atoms with Gasteiger partial charge in [-0.25, -0.2) is 4.98 Å². The summed E-state index contributed by atoms with van der Waals surface area (Å²) in [6.07, 6.45) is 2.80. The van der Waals surface area contributed by atoms with Gasteiger partial charge in [0.1, 0.15) is 28.3 Å². The minimum Gasteiger partial charge on any atom is -0.497 e. The van der Waals surface area contributed by atoms with Crippen molar-refractivity contribution >= 4 is 28.3 Å². The molecular weight excluding hydrogens is 438 g/mol. The Morgan fingerprint density at radius 3 is 2.61 bits per heavy atom. The van der Waals surface area contributed by atoms with Crippen molar-refractivity contribution in [2.75, 3.05) is 7.11 Å². The second-order valence-electron chi connectivity index (χ2n) is 9.28. The van der Waals surface area contributed by atoms with Crippen LogP contribution in [0, 0.1) is 18.8 Å². The second kappa shape index (κ2) is 9.72. The van der Waals surface area contributed by atoms with Crippen LogP contribution in [0.2, 0.25) is 5.15 Å². The molecule has 0 spiro atoms. The number of methoxy groups -OCH3 is 1. The zero-order valence-electron chi connectivity index (χ0n) is 20.0. The van der Waals surface area contributed by atoms with E-state index in [1.807, 2.05) is 37.7 Å². The number of pyridine rings is 1.